The fourth-order valence-corrected chi connectivity index (χ4v) is 11.5. The number of hydrogen-bond acceptors (Lipinski definition) is 13. The van der Waals surface area contributed by atoms with Crippen molar-refractivity contribution in [2.45, 2.75) is 294 Å². The molecule has 26 heteroatoms. The van der Waals surface area contributed by atoms with Crippen molar-refractivity contribution in [1.29, 1.82) is 0 Å². The SMILES string of the molecule is CCn1c2ccccc2c2cc(CNC(=O)C(C)(C)NC(=O)[C@H](CC(C)C)NC(=O)C(C)(C)NC(=O)[C@H](CC(C)C)NC(=O)C(C)(C)NC(=O)[C@H](CC(C)C)NC(=O)C(C)(C)NC(=O)[C@H](CC(C)C)NC(=O)C(C)(C)NC(=O)[C@H](CC(C)C)NC(=O)C(C)(C)NC(=O)[C@@H](N)CC(C)C)ccc21. The number of nitrogens with zero attached hydrogens (tertiary/aromatic N) is 1. The minimum Gasteiger partial charge on any atom is -0.350 e. The summed E-state index contributed by atoms with van der Waals surface area (Å²) in [5, 5.41) is 35.3. The van der Waals surface area contributed by atoms with Crippen LogP contribution in [-0.2, 0) is 70.6 Å². The number of rotatable bonds is 38. The number of nitrogens with one attached hydrogen (secondary N) is 12. The Morgan fingerprint density at radius 3 is 0.881 bits per heavy atom. The summed E-state index contributed by atoms with van der Waals surface area (Å²) >= 11 is 0. The summed E-state index contributed by atoms with van der Waals surface area (Å²) in [6, 6.07) is 7.37. The summed E-state index contributed by atoms with van der Waals surface area (Å²) < 4.78 is 2.24. The van der Waals surface area contributed by atoms with Gasteiger partial charge < -0.3 is 74.1 Å². The summed E-state index contributed by atoms with van der Waals surface area (Å²) in [5.41, 5.74) is -0.487. The van der Waals surface area contributed by atoms with Gasteiger partial charge in [-0.15, -0.1) is 0 Å². The molecule has 0 unspecified atom stereocenters. The first-order valence-electron chi connectivity index (χ1n) is 35.8. The van der Waals surface area contributed by atoms with Crippen LogP contribution in [0.3, 0.4) is 0 Å². The van der Waals surface area contributed by atoms with E-state index in [2.05, 4.69) is 93.5 Å². The van der Waals surface area contributed by atoms with Gasteiger partial charge in [-0.2, -0.15) is 0 Å². The summed E-state index contributed by atoms with van der Waals surface area (Å²) in [6.45, 7) is 42.9. The molecule has 0 aliphatic rings. The number of nitrogens with two attached hydrogens (primary N) is 1. The van der Waals surface area contributed by atoms with E-state index >= 15 is 0 Å². The Morgan fingerprint density at radius 1 is 0.347 bits per heavy atom. The molecular formula is C75H124N14O12. The standard InChI is InChI=1S/C75H124N14O12/c1-26-89-56-30-28-27-29-48(56)49-39-47(31-32-57(49)89)40-77-64(96)70(14,15)84-59(91)51(34-42(4)5)79-66(98)72(18,19)86-61(93)53(36-44(8)9)81-68(100)74(22,23)88-63(95)55(38-46(12)13)82-69(101)75(24,25)87-62(94)54(37-45(10)11)80-67(99)73(20,21)85-60(92)52(35-43(6)7)78-65(97)71(16,17)83-58(90)50(76)33-41(2)3/h27-32,39,41-46,50-55H,26,33-38,40,76H2,1-25H3,(H,77,96)(H,78,97)(H,79,98)(H,80,99)(H,81,100)(H,82,101)(H,83,90)(H,84,91)(H,85,92)(H,86,93)(H,87,94)(H,88,95)/t50-,51-,52-,53-,54-,55-/m0/s1. The van der Waals surface area contributed by atoms with Gasteiger partial charge >= 0.3 is 0 Å². The largest absolute Gasteiger partial charge is 0.350 e. The summed E-state index contributed by atoms with van der Waals surface area (Å²) in [5.74, 6) is -8.78. The summed E-state index contributed by atoms with van der Waals surface area (Å²) in [7, 11) is 0. The number of hydrogen-bond donors (Lipinski definition) is 13. The zero-order valence-electron chi connectivity index (χ0n) is 65.1. The molecule has 0 saturated carbocycles. The predicted molar refractivity (Wildman–Crippen MR) is 395 cm³/mol. The van der Waals surface area contributed by atoms with Crippen molar-refractivity contribution in [2.75, 3.05) is 0 Å². The number of fused-ring (bicyclic) bond motifs is 3. The Balaban J connectivity index is 1.72. The number of amides is 12. The van der Waals surface area contributed by atoms with Crippen molar-refractivity contribution in [3.05, 3.63) is 48.0 Å². The Bertz CT molecular complexity index is 3450. The van der Waals surface area contributed by atoms with Crippen LogP contribution in [0.5, 0.6) is 0 Å². The van der Waals surface area contributed by atoms with Crippen LogP contribution in [0, 0.1) is 35.5 Å². The first-order valence-corrected chi connectivity index (χ1v) is 35.8. The Hall–Kier alpha value is -8.16. The highest BCUT2D eigenvalue weighted by Crippen LogP contribution is 2.30. The highest BCUT2D eigenvalue weighted by molar-refractivity contribution is 6.08. The smallest absolute Gasteiger partial charge is 0.245 e. The first-order chi connectivity index (χ1) is 46.3. The third-order valence-electron chi connectivity index (χ3n) is 17.3. The molecular weight excluding hydrogens is 1290 g/mol. The Labute approximate surface area is 599 Å². The van der Waals surface area contributed by atoms with Gasteiger partial charge in [-0.1, -0.05) is 107 Å². The van der Waals surface area contributed by atoms with Gasteiger partial charge in [0.1, 0.15) is 63.4 Å². The molecule has 12 amide bonds. The van der Waals surface area contributed by atoms with E-state index < -0.39 is 140 Å². The second-order valence-electron chi connectivity index (χ2n) is 33.0. The average Bonchev–Trinajstić information content (AvgIpc) is 1.62. The van der Waals surface area contributed by atoms with Crippen LogP contribution in [0.2, 0.25) is 0 Å². The molecule has 0 spiro atoms. The number of aromatic nitrogens is 1. The number of aryl methyl sites for hydroxylation is 1. The highest BCUT2D eigenvalue weighted by Gasteiger charge is 2.43. The molecule has 0 radical (unpaired) electrons. The molecule has 0 bridgehead atoms. The van der Waals surface area contributed by atoms with Crippen molar-refractivity contribution in [1.82, 2.24) is 68.4 Å². The van der Waals surface area contributed by atoms with Gasteiger partial charge in [0.25, 0.3) is 0 Å². The van der Waals surface area contributed by atoms with Crippen LogP contribution in [0.1, 0.15) is 217 Å². The van der Waals surface area contributed by atoms with E-state index in [0.29, 0.717) is 6.42 Å². The number of benzene rings is 2. The van der Waals surface area contributed by atoms with E-state index in [1.807, 2.05) is 107 Å². The van der Waals surface area contributed by atoms with Crippen molar-refractivity contribution in [3.8, 4) is 0 Å². The zero-order valence-corrected chi connectivity index (χ0v) is 65.1. The highest BCUT2D eigenvalue weighted by atomic mass is 16.2. The molecule has 101 heavy (non-hydrogen) atoms. The van der Waals surface area contributed by atoms with E-state index in [9.17, 15) is 57.5 Å². The number of carbonyl (C=O) groups excluding carboxylic acids is 12. The van der Waals surface area contributed by atoms with Gasteiger partial charge in [0.15, 0.2) is 0 Å². The van der Waals surface area contributed by atoms with Gasteiger partial charge in [0.05, 0.1) is 6.04 Å². The molecule has 14 N–H and O–H groups in total. The lowest BCUT2D eigenvalue weighted by Crippen LogP contribution is -2.66. The van der Waals surface area contributed by atoms with E-state index in [4.69, 9.17) is 5.73 Å². The quantitative estimate of drug-likeness (QED) is 0.0322. The van der Waals surface area contributed by atoms with Crippen molar-refractivity contribution in [3.63, 3.8) is 0 Å². The van der Waals surface area contributed by atoms with E-state index in [1.54, 1.807) is 13.8 Å². The maximum Gasteiger partial charge on any atom is 0.245 e. The minimum atomic E-state index is -1.72. The van der Waals surface area contributed by atoms with Crippen LogP contribution in [0.4, 0.5) is 0 Å². The summed E-state index contributed by atoms with van der Waals surface area (Å²) in [4.78, 5) is 168. The molecule has 3 rings (SSSR count). The van der Waals surface area contributed by atoms with Crippen molar-refractivity contribution < 1.29 is 57.5 Å². The summed E-state index contributed by atoms with van der Waals surface area (Å²) in [6.07, 6.45) is 1.04. The fraction of sp³-hybridized carbons (Fsp3) is 0.680. The molecule has 0 aliphatic carbocycles. The van der Waals surface area contributed by atoms with E-state index in [-0.39, 0.29) is 74.2 Å². The van der Waals surface area contributed by atoms with Gasteiger partial charge in [-0.25, -0.2) is 0 Å². The monoisotopic (exact) mass is 1410 g/mol. The molecule has 6 atom stereocenters. The van der Waals surface area contributed by atoms with E-state index in [0.717, 1.165) is 33.9 Å². The minimum absolute atomic E-state index is 0.0859. The van der Waals surface area contributed by atoms with Gasteiger partial charge in [-0.3, -0.25) is 57.5 Å². The van der Waals surface area contributed by atoms with Crippen LogP contribution in [0.15, 0.2) is 42.5 Å². The molecule has 1 aromatic heterocycles. The molecule has 1 heterocycles. The normalized spacial score (nSPS) is 14.3. The van der Waals surface area contributed by atoms with E-state index in [1.165, 1.54) is 69.2 Å². The lowest BCUT2D eigenvalue weighted by atomic mass is 9.95. The molecule has 3 aromatic rings. The van der Waals surface area contributed by atoms with Crippen LogP contribution < -0.4 is 69.5 Å². The second kappa shape index (κ2) is 36.1. The zero-order chi connectivity index (χ0) is 77.4. The molecule has 0 saturated heterocycles. The maximum absolute atomic E-state index is 14.3. The molecule has 2 aromatic carbocycles. The lowest BCUT2D eigenvalue weighted by molar-refractivity contribution is -0.140. The average molecular weight is 1410 g/mol. The molecule has 0 aliphatic heterocycles. The third kappa shape index (κ3) is 26.0. The Kier molecular flexibility index (Phi) is 31.1. The topological polar surface area (TPSA) is 380 Å². The number of para-hydroxylation sites is 1. The van der Waals surface area contributed by atoms with Crippen molar-refractivity contribution in [2.24, 2.45) is 41.2 Å². The third-order valence-corrected chi connectivity index (χ3v) is 17.3. The van der Waals surface area contributed by atoms with Gasteiger partial charge in [0, 0.05) is 34.9 Å². The Morgan fingerprint density at radius 2 is 0.604 bits per heavy atom. The van der Waals surface area contributed by atoms with Gasteiger partial charge in [-0.05, 0) is 188 Å². The van der Waals surface area contributed by atoms with Crippen molar-refractivity contribution >= 4 is 92.7 Å². The van der Waals surface area contributed by atoms with Gasteiger partial charge in [0.2, 0.25) is 70.9 Å². The van der Waals surface area contributed by atoms with Crippen LogP contribution in [-0.4, -0.2) is 145 Å². The molecule has 0 fully saturated rings. The first kappa shape index (κ1) is 87.1. The fourth-order valence-electron chi connectivity index (χ4n) is 11.5. The van der Waals surface area contributed by atoms with Crippen LogP contribution in [0.25, 0.3) is 21.8 Å². The second-order valence-corrected chi connectivity index (χ2v) is 33.0. The predicted octanol–water partition coefficient (Wildman–Crippen LogP) is 5.83. The van der Waals surface area contributed by atoms with Crippen LogP contribution >= 0.6 is 0 Å². The molecule has 566 valence electrons. The number of carbonyl (C=O) groups is 12. The lowest BCUT2D eigenvalue weighted by Gasteiger charge is -2.34. The maximum atomic E-state index is 14.3. The molecule has 26 nitrogen and oxygen atoms in total.